The Morgan fingerprint density at radius 2 is 2.00 bits per heavy atom. The van der Waals surface area contributed by atoms with Gasteiger partial charge in [-0.25, -0.2) is 9.97 Å². The van der Waals surface area contributed by atoms with Crippen LogP contribution in [0.4, 0.5) is 0 Å². The molecular formula is C8H8N2OS. The van der Waals surface area contributed by atoms with E-state index in [4.69, 9.17) is 0 Å². The lowest BCUT2D eigenvalue weighted by Crippen LogP contribution is -1.82. The Morgan fingerprint density at radius 1 is 1.25 bits per heavy atom. The third kappa shape index (κ3) is 1.21. The van der Waals surface area contributed by atoms with Crippen LogP contribution in [0.1, 0.15) is 0 Å². The van der Waals surface area contributed by atoms with Gasteiger partial charge in [0.05, 0.1) is 4.90 Å². The van der Waals surface area contributed by atoms with Crippen LogP contribution < -0.4 is 0 Å². The van der Waals surface area contributed by atoms with Crippen molar-refractivity contribution in [2.45, 2.75) is 4.90 Å². The fourth-order valence-corrected chi connectivity index (χ4v) is 2.47. The maximum atomic E-state index is 9.37. The number of nitrogens with zero attached hydrogens (tertiary/aromatic N) is 2. The average molecular weight is 180 g/mol. The third-order valence-electron chi connectivity index (χ3n) is 1.56. The number of allylic oxidation sites excluding steroid dienone is 2. The first-order valence-corrected chi connectivity index (χ1v) is 4.98. The normalized spacial score (nSPS) is 17.2. The number of aromatic hydroxyl groups is 1. The highest BCUT2D eigenvalue weighted by atomic mass is 32.2. The van der Waals surface area contributed by atoms with Crippen molar-refractivity contribution in [2.24, 2.45) is 0 Å². The minimum Gasteiger partial charge on any atom is -0.492 e. The molecule has 0 aliphatic carbocycles. The molecule has 0 unspecified atom stereocenters. The molecule has 0 fully saturated rings. The second kappa shape index (κ2) is 2.98. The molecule has 1 aliphatic rings. The van der Waals surface area contributed by atoms with Crippen molar-refractivity contribution in [1.82, 2.24) is 9.97 Å². The summed E-state index contributed by atoms with van der Waals surface area (Å²) in [6.07, 6.45) is 6.95. The highest BCUT2D eigenvalue weighted by Gasteiger charge is 2.08. The summed E-state index contributed by atoms with van der Waals surface area (Å²) >= 11 is 0. The molecule has 1 N–H and O–H groups in total. The van der Waals surface area contributed by atoms with Gasteiger partial charge in [-0.2, -0.15) is 10.9 Å². The minimum atomic E-state index is -0.497. The zero-order chi connectivity index (χ0) is 8.39. The maximum Gasteiger partial charge on any atom is 0.226 e. The van der Waals surface area contributed by atoms with E-state index >= 15 is 0 Å². The molecule has 4 heteroatoms. The van der Waals surface area contributed by atoms with Gasteiger partial charge in [0.2, 0.25) is 5.88 Å². The van der Waals surface area contributed by atoms with Crippen molar-refractivity contribution in [3.63, 3.8) is 0 Å². The Balaban J connectivity index is 2.39. The fraction of sp³-hybridized carbons (Fsp3) is 0. The van der Waals surface area contributed by atoms with Crippen LogP contribution in [0, 0.1) is 0 Å². The SMILES string of the molecule is Oc1ncncc1[SH]1C=CC=C1. The predicted molar refractivity (Wildman–Crippen MR) is 49.2 cm³/mol. The summed E-state index contributed by atoms with van der Waals surface area (Å²) < 4.78 is 0. The molecule has 0 saturated carbocycles. The lowest BCUT2D eigenvalue weighted by atomic mass is 10.6. The molecule has 62 valence electrons. The number of hydrogen-bond donors (Lipinski definition) is 2. The van der Waals surface area contributed by atoms with E-state index in [-0.39, 0.29) is 5.88 Å². The first-order chi connectivity index (χ1) is 5.88. The van der Waals surface area contributed by atoms with E-state index in [0.29, 0.717) is 0 Å². The average Bonchev–Trinajstić information content (AvgIpc) is 2.57. The first-order valence-electron chi connectivity index (χ1n) is 3.50. The van der Waals surface area contributed by atoms with Crippen molar-refractivity contribution in [3.05, 3.63) is 35.5 Å². The van der Waals surface area contributed by atoms with Crippen LogP contribution in [0.15, 0.2) is 40.4 Å². The molecule has 0 saturated heterocycles. The molecule has 1 aliphatic heterocycles. The van der Waals surface area contributed by atoms with Crippen molar-refractivity contribution in [1.29, 1.82) is 0 Å². The molecule has 0 amide bonds. The third-order valence-corrected chi connectivity index (χ3v) is 3.41. The number of thiol groups is 1. The molecule has 3 nitrogen and oxygen atoms in total. The Labute approximate surface area is 72.8 Å². The van der Waals surface area contributed by atoms with Gasteiger partial charge in [0.1, 0.15) is 6.33 Å². The first kappa shape index (κ1) is 7.36. The molecule has 1 aromatic rings. The Kier molecular flexibility index (Phi) is 1.83. The van der Waals surface area contributed by atoms with E-state index in [2.05, 4.69) is 9.97 Å². The van der Waals surface area contributed by atoms with Crippen molar-refractivity contribution in [3.8, 4) is 5.88 Å². The number of aromatic nitrogens is 2. The number of hydrogen-bond acceptors (Lipinski definition) is 3. The summed E-state index contributed by atoms with van der Waals surface area (Å²) in [7, 11) is -0.497. The van der Waals surface area contributed by atoms with Gasteiger partial charge in [-0.3, -0.25) is 0 Å². The molecule has 12 heavy (non-hydrogen) atoms. The van der Waals surface area contributed by atoms with Gasteiger partial charge in [-0.1, -0.05) is 12.2 Å². The van der Waals surface area contributed by atoms with Crippen LogP contribution in [-0.4, -0.2) is 15.1 Å². The molecule has 2 rings (SSSR count). The Bertz CT molecular complexity index is 337. The largest absolute Gasteiger partial charge is 0.492 e. The molecular weight excluding hydrogens is 172 g/mol. The van der Waals surface area contributed by atoms with Crippen LogP contribution in [0.2, 0.25) is 0 Å². The Morgan fingerprint density at radius 3 is 2.67 bits per heavy atom. The van der Waals surface area contributed by atoms with Crippen molar-refractivity contribution >= 4 is 10.9 Å². The summed E-state index contributed by atoms with van der Waals surface area (Å²) in [6.45, 7) is 0. The summed E-state index contributed by atoms with van der Waals surface area (Å²) in [5, 5.41) is 13.5. The van der Waals surface area contributed by atoms with Gasteiger partial charge in [-0.05, 0) is 10.8 Å². The van der Waals surface area contributed by atoms with E-state index in [1.165, 1.54) is 6.33 Å². The fourth-order valence-electron chi connectivity index (χ4n) is 0.993. The van der Waals surface area contributed by atoms with Gasteiger partial charge in [0, 0.05) is 6.20 Å². The van der Waals surface area contributed by atoms with Crippen LogP contribution in [0.5, 0.6) is 5.88 Å². The molecule has 0 atom stereocenters. The van der Waals surface area contributed by atoms with Crippen LogP contribution in [0.3, 0.4) is 0 Å². The summed E-state index contributed by atoms with van der Waals surface area (Å²) in [4.78, 5) is 8.40. The van der Waals surface area contributed by atoms with Crippen LogP contribution in [0.25, 0.3) is 0 Å². The van der Waals surface area contributed by atoms with Gasteiger partial charge < -0.3 is 5.11 Å². The summed E-state index contributed by atoms with van der Waals surface area (Å²) in [5.74, 6) is 0.0901. The highest BCUT2D eigenvalue weighted by Crippen LogP contribution is 2.44. The van der Waals surface area contributed by atoms with Crippen LogP contribution >= 0.6 is 10.9 Å². The van der Waals surface area contributed by atoms with E-state index in [1.807, 2.05) is 23.0 Å². The zero-order valence-electron chi connectivity index (χ0n) is 6.25. The summed E-state index contributed by atoms with van der Waals surface area (Å²) in [5.41, 5.74) is 0. The Hall–Kier alpha value is -1.29. The van der Waals surface area contributed by atoms with Crippen molar-refractivity contribution < 1.29 is 5.11 Å². The van der Waals surface area contributed by atoms with Gasteiger partial charge in [-0.15, -0.1) is 0 Å². The van der Waals surface area contributed by atoms with Gasteiger partial charge in [0.15, 0.2) is 0 Å². The lowest BCUT2D eigenvalue weighted by molar-refractivity contribution is 0.437. The minimum absolute atomic E-state index is 0.0901. The van der Waals surface area contributed by atoms with Crippen molar-refractivity contribution in [2.75, 3.05) is 0 Å². The topological polar surface area (TPSA) is 46.0 Å². The molecule has 0 radical (unpaired) electrons. The lowest BCUT2D eigenvalue weighted by Gasteiger charge is -2.09. The summed E-state index contributed by atoms with van der Waals surface area (Å²) in [6, 6.07) is 0. The smallest absolute Gasteiger partial charge is 0.226 e. The molecule has 1 aromatic heterocycles. The standard InChI is InChI=1S/C8H8N2OS/c11-8-7(5-9-6-10-8)12-3-1-2-4-12/h1-6,12H,(H,9,10,11). The number of rotatable bonds is 1. The molecule has 0 bridgehead atoms. The van der Waals surface area contributed by atoms with E-state index in [1.54, 1.807) is 6.20 Å². The quantitative estimate of drug-likeness (QED) is 0.645. The van der Waals surface area contributed by atoms with Crippen LogP contribution in [-0.2, 0) is 0 Å². The molecule has 0 aromatic carbocycles. The molecule has 0 spiro atoms. The van der Waals surface area contributed by atoms with Gasteiger partial charge in [0.25, 0.3) is 0 Å². The zero-order valence-corrected chi connectivity index (χ0v) is 7.15. The van der Waals surface area contributed by atoms with E-state index in [9.17, 15) is 5.11 Å². The highest BCUT2D eigenvalue weighted by molar-refractivity contribution is 8.22. The second-order valence-corrected chi connectivity index (χ2v) is 4.21. The second-order valence-electron chi connectivity index (χ2n) is 2.32. The van der Waals surface area contributed by atoms with Gasteiger partial charge >= 0.3 is 0 Å². The van der Waals surface area contributed by atoms with E-state index in [0.717, 1.165) is 4.90 Å². The van der Waals surface area contributed by atoms with E-state index < -0.39 is 10.9 Å². The molecule has 2 heterocycles. The maximum absolute atomic E-state index is 9.37. The predicted octanol–water partition coefficient (Wildman–Crippen LogP) is 1.58. The monoisotopic (exact) mass is 180 g/mol.